The summed E-state index contributed by atoms with van der Waals surface area (Å²) in [4.78, 5) is 48.3. The summed E-state index contributed by atoms with van der Waals surface area (Å²) in [6.45, 7) is 2.61. The van der Waals surface area contributed by atoms with Crippen molar-refractivity contribution in [1.82, 2.24) is 0 Å². The number of hydrogen-bond acceptors (Lipinski definition) is 10. The van der Waals surface area contributed by atoms with E-state index in [1.165, 1.54) is 18.2 Å². The zero-order valence-electron chi connectivity index (χ0n) is 25.5. The molecule has 0 fully saturated rings. The molecule has 238 valence electrons. The molecule has 0 unspecified atom stereocenters. The predicted octanol–water partition coefficient (Wildman–Crippen LogP) is 6.53. The Morgan fingerprint density at radius 1 is 0.644 bits per heavy atom. The molecule has 0 bridgehead atoms. The Morgan fingerprint density at radius 3 is 1.76 bits per heavy atom. The molecule has 0 aliphatic carbocycles. The second kappa shape index (κ2) is 18.5. The van der Waals surface area contributed by atoms with Crippen LogP contribution in [-0.4, -0.2) is 37.1 Å². The molecule has 3 aromatic carbocycles. The Labute approximate surface area is 263 Å². The maximum absolute atomic E-state index is 12.3. The van der Waals surface area contributed by atoms with Crippen molar-refractivity contribution < 1.29 is 38.1 Å². The summed E-state index contributed by atoms with van der Waals surface area (Å²) in [6, 6.07) is 17.6. The van der Waals surface area contributed by atoms with Gasteiger partial charge >= 0.3 is 23.9 Å². The molecule has 0 atom stereocenters. The Balaban J connectivity index is 1.27. The number of nitrogens with two attached hydrogens (primary N) is 2. The Hall–Kier alpha value is -5.12. The smallest absolute Gasteiger partial charge is 0.338 e. The molecule has 0 aliphatic heterocycles. The quantitative estimate of drug-likeness (QED) is 0.0562. The third-order valence-electron chi connectivity index (χ3n) is 6.53. The summed E-state index contributed by atoms with van der Waals surface area (Å²) in [7, 11) is 0. The first kappa shape index (κ1) is 34.4. The molecule has 0 spiro atoms. The molecule has 0 aliphatic rings. The van der Waals surface area contributed by atoms with Gasteiger partial charge in [-0.3, -0.25) is 4.79 Å². The molecule has 0 amide bonds. The number of ether oxygens (including phenoxy) is 4. The fraction of sp³-hybridized carbons (Fsp3) is 0.314. The molecule has 45 heavy (non-hydrogen) atoms. The van der Waals surface area contributed by atoms with Crippen molar-refractivity contribution in [2.75, 3.05) is 24.7 Å². The maximum Gasteiger partial charge on any atom is 0.338 e. The molecular weight excluding hydrogens is 576 g/mol. The second-order valence-electron chi connectivity index (χ2n) is 10.4. The Kier molecular flexibility index (Phi) is 14.1. The van der Waals surface area contributed by atoms with Crippen LogP contribution in [0.3, 0.4) is 0 Å². The van der Waals surface area contributed by atoms with Crippen LogP contribution in [0.1, 0.15) is 84.6 Å². The van der Waals surface area contributed by atoms with E-state index >= 15 is 0 Å². The van der Waals surface area contributed by atoms with E-state index in [1.807, 2.05) is 6.92 Å². The summed E-state index contributed by atoms with van der Waals surface area (Å²) < 4.78 is 21.1. The van der Waals surface area contributed by atoms with E-state index in [2.05, 4.69) is 0 Å². The number of nitrogen functional groups attached to an aromatic ring is 2. The van der Waals surface area contributed by atoms with Crippen LogP contribution in [0.2, 0.25) is 0 Å². The maximum atomic E-state index is 12.3. The summed E-state index contributed by atoms with van der Waals surface area (Å²) in [5.74, 6) is -1.03. The van der Waals surface area contributed by atoms with Crippen LogP contribution < -0.4 is 20.9 Å². The summed E-state index contributed by atoms with van der Waals surface area (Å²) in [6.07, 6.45) is 9.03. The molecular formula is C35H40N2O8. The van der Waals surface area contributed by atoms with Crippen molar-refractivity contribution in [2.24, 2.45) is 0 Å². The number of benzene rings is 3. The van der Waals surface area contributed by atoms with Crippen molar-refractivity contribution in [1.29, 1.82) is 0 Å². The molecule has 0 saturated carbocycles. The topological polar surface area (TPSA) is 157 Å². The van der Waals surface area contributed by atoms with Gasteiger partial charge < -0.3 is 30.4 Å². The Bertz CT molecular complexity index is 1430. The van der Waals surface area contributed by atoms with Gasteiger partial charge in [-0.1, -0.05) is 44.7 Å². The van der Waals surface area contributed by atoms with Crippen molar-refractivity contribution in [3.05, 3.63) is 89.5 Å². The number of hydrogen-bond donors (Lipinski definition) is 2. The monoisotopic (exact) mass is 616 g/mol. The van der Waals surface area contributed by atoms with Gasteiger partial charge in [0, 0.05) is 23.9 Å². The van der Waals surface area contributed by atoms with Gasteiger partial charge in [0.05, 0.1) is 24.3 Å². The van der Waals surface area contributed by atoms with Crippen LogP contribution in [0.25, 0.3) is 6.08 Å². The van der Waals surface area contributed by atoms with E-state index in [1.54, 1.807) is 60.7 Å². The zero-order chi connectivity index (χ0) is 32.4. The van der Waals surface area contributed by atoms with Gasteiger partial charge in [-0.2, -0.15) is 0 Å². The molecule has 10 nitrogen and oxygen atoms in total. The first-order valence-electron chi connectivity index (χ1n) is 15.0. The lowest BCUT2D eigenvalue weighted by Crippen LogP contribution is -2.08. The highest BCUT2D eigenvalue weighted by atomic mass is 16.5. The van der Waals surface area contributed by atoms with Crippen molar-refractivity contribution in [2.45, 2.75) is 58.3 Å². The lowest BCUT2D eigenvalue weighted by molar-refractivity contribution is -0.134. The second-order valence-corrected chi connectivity index (χ2v) is 10.4. The molecule has 0 heterocycles. The fourth-order valence-electron chi connectivity index (χ4n) is 4.15. The third-order valence-corrected chi connectivity index (χ3v) is 6.53. The van der Waals surface area contributed by atoms with Crippen LogP contribution in [0.4, 0.5) is 11.4 Å². The van der Waals surface area contributed by atoms with E-state index in [0.717, 1.165) is 44.9 Å². The third kappa shape index (κ3) is 13.0. The van der Waals surface area contributed by atoms with E-state index in [-0.39, 0.29) is 5.97 Å². The van der Waals surface area contributed by atoms with Gasteiger partial charge in [0.1, 0.15) is 11.5 Å². The van der Waals surface area contributed by atoms with Gasteiger partial charge in [0.25, 0.3) is 0 Å². The van der Waals surface area contributed by atoms with Gasteiger partial charge in [-0.05, 0) is 85.5 Å². The highest BCUT2D eigenvalue weighted by Gasteiger charge is 2.10. The summed E-state index contributed by atoms with van der Waals surface area (Å²) >= 11 is 0. The standard InChI is InChI=1S/C35H40N2O8/c1-2-3-9-32(38)44-30-15-17-31(18-16-30)45-33(39)19-12-25-10-13-26(14-11-25)34(40)42-20-7-5-4-6-8-21-43-35(41)27-22-28(36)24-29(37)23-27/h10-19,22-24H,2-9,20-21,36-37H2,1H3/b19-12+. The molecule has 3 aromatic rings. The molecule has 0 saturated heterocycles. The van der Waals surface area contributed by atoms with Crippen LogP contribution in [0, 0.1) is 0 Å². The first-order chi connectivity index (χ1) is 21.7. The van der Waals surface area contributed by atoms with E-state index in [4.69, 9.17) is 30.4 Å². The minimum atomic E-state index is -0.574. The number of carbonyl (C=O) groups is 4. The van der Waals surface area contributed by atoms with Crippen LogP contribution >= 0.6 is 0 Å². The van der Waals surface area contributed by atoms with Crippen molar-refractivity contribution in [3.8, 4) is 11.5 Å². The lowest BCUT2D eigenvalue weighted by Gasteiger charge is -2.07. The first-order valence-corrected chi connectivity index (χ1v) is 15.0. The average molecular weight is 617 g/mol. The predicted molar refractivity (Wildman–Crippen MR) is 172 cm³/mol. The van der Waals surface area contributed by atoms with Gasteiger partial charge in [-0.25, -0.2) is 14.4 Å². The van der Waals surface area contributed by atoms with Crippen LogP contribution in [-0.2, 0) is 19.1 Å². The molecule has 10 heteroatoms. The number of rotatable bonds is 17. The SMILES string of the molecule is CCCCC(=O)Oc1ccc(OC(=O)/C=C/c2ccc(C(=O)OCCCCCCCOC(=O)c3cc(N)cc(N)c3)cc2)cc1. The van der Waals surface area contributed by atoms with Gasteiger partial charge in [-0.15, -0.1) is 0 Å². The Morgan fingerprint density at radius 2 is 1.18 bits per heavy atom. The fourth-order valence-corrected chi connectivity index (χ4v) is 4.15. The van der Waals surface area contributed by atoms with E-state index < -0.39 is 17.9 Å². The number of esters is 4. The van der Waals surface area contributed by atoms with Crippen molar-refractivity contribution >= 4 is 41.3 Å². The van der Waals surface area contributed by atoms with E-state index in [0.29, 0.717) is 59.2 Å². The average Bonchev–Trinajstić information content (AvgIpc) is 3.02. The molecule has 0 radical (unpaired) electrons. The summed E-state index contributed by atoms with van der Waals surface area (Å²) in [5.41, 5.74) is 13.7. The van der Waals surface area contributed by atoms with Gasteiger partial charge in [0.2, 0.25) is 0 Å². The molecule has 0 aromatic heterocycles. The number of anilines is 2. The highest BCUT2D eigenvalue weighted by Crippen LogP contribution is 2.19. The molecule has 4 N–H and O–H groups in total. The minimum Gasteiger partial charge on any atom is -0.462 e. The van der Waals surface area contributed by atoms with E-state index in [9.17, 15) is 19.2 Å². The summed E-state index contributed by atoms with van der Waals surface area (Å²) in [5, 5.41) is 0. The zero-order valence-corrected chi connectivity index (χ0v) is 25.5. The lowest BCUT2D eigenvalue weighted by atomic mass is 10.1. The highest BCUT2D eigenvalue weighted by molar-refractivity contribution is 5.92. The largest absolute Gasteiger partial charge is 0.462 e. The van der Waals surface area contributed by atoms with Crippen LogP contribution in [0.5, 0.6) is 11.5 Å². The normalized spacial score (nSPS) is 10.8. The molecule has 3 rings (SSSR count). The number of unbranched alkanes of at least 4 members (excludes halogenated alkanes) is 5. The van der Waals surface area contributed by atoms with Crippen molar-refractivity contribution in [3.63, 3.8) is 0 Å². The van der Waals surface area contributed by atoms with Gasteiger partial charge in [0.15, 0.2) is 0 Å². The van der Waals surface area contributed by atoms with Crippen LogP contribution in [0.15, 0.2) is 72.8 Å². The number of carbonyl (C=O) groups excluding carboxylic acids is 4. The minimum absolute atomic E-state index is 0.298.